The van der Waals surface area contributed by atoms with Gasteiger partial charge in [-0.05, 0) is 104 Å². The molecule has 3 aromatic carbocycles. The lowest BCUT2D eigenvalue weighted by Crippen LogP contribution is -2.28. The zero-order valence-electron chi connectivity index (χ0n) is 28.8. The van der Waals surface area contributed by atoms with Crippen LogP contribution in [0.2, 0.25) is 0 Å². The van der Waals surface area contributed by atoms with Crippen molar-refractivity contribution in [3.63, 3.8) is 0 Å². The molecule has 1 aliphatic rings. The third kappa shape index (κ3) is 6.90. The van der Waals surface area contributed by atoms with Crippen LogP contribution >= 0.6 is 0 Å². The second-order valence-corrected chi connectivity index (χ2v) is 13.3. The Morgan fingerprint density at radius 1 is 1.06 bits per heavy atom. The van der Waals surface area contributed by atoms with E-state index in [1.165, 1.54) is 0 Å². The van der Waals surface area contributed by atoms with Crippen LogP contribution in [0, 0.1) is 31.1 Å². The Balaban J connectivity index is 1.16. The second kappa shape index (κ2) is 14.3. The van der Waals surface area contributed by atoms with Crippen LogP contribution in [0.4, 0.5) is 11.5 Å². The highest BCUT2D eigenvalue weighted by atomic mass is 16.4. The maximum atomic E-state index is 11.4. The number of aliphatic hydroxyl groups excluding tert-OH is 1. The summed E-state index contributed by atoms with van der Waals surface area (Å²) in [6.07, 6.45) is 4.29. The number of nitriles is 1. The van der Waals surface area contributed by atoms with Crippen molar-refractivity contribution >= 4 is 39.5 Å². The number of anilines is 2. The van der Waals surface area contributed by atoms with Crippen LogP contribution < -0.4 is 10.6 Å². The number of likely N-dealkylation sites (tertiary alicyclic amines) is 1. The minimum atomic E-state index is -0.732. The molecule has 0 amide bonds. The molecule has 7 rings (SSSR count). The van der Waals surface area contributed by atoms with Gasteiger partial charge >= 0.3 is 5.97 Å². The Morgan fingerprint density at radius 3 is 2.61 bits per heavy atom. The highest BCUT2D eigenvalue weighted by molar-refractivity contribution is 5.91. The summed E-state index contributed by atoms with van der Waals surface area (Å²) in [5.41, 5.74) is 9.98. The number of aromatic nitrogens is 3. The first-order chi connectivity index (χ1) is 24.7. The summed E-state index contributed by atoms with van der Waals surface area (Å²) < 4.78 is 6.24. The van der Waals surface area contributed by atoms with Crippen LogP contribution in [0.1, 0.15) is 41.2 Å². The van der Waals surface area contributed by atoms with Gasteiger partial charge in [-0.1, -0.05) is 24.3 Å². The number of benzene rings is 3. The van der Waals surface area contributed by atoms with Crippen molar-refractivity contribution in [2.24, 2.45) is 5.92 Å². The van der Waals surface area contributed by atoms with Gasteiger partial charge in [0.05, 0.1) is 18.1 Å². The lowest BCUT2D eigenvalue weighted by Gasteiger charge is -2.17. The summed E-state index contributed by atoms with van der Waals surface area (Å²) >= 11 is 0. The second-order valence-electron chi connectivity index (χ2n) is 13.3. The van der Waals surface area contributed by atoms with Crippen LogP contribution in [-0.4, -0.2) is 61.8 Å². The van der Waals surface area contributed by atoms with Crippen molar-refractivity contribution < 1.29 is 19.4 Å². The number of hydrogen-bond donors (Lipinski definition) is 4. The number of nitrogens with zero attached hydrogens (tertiary/aromatic N) is 5. The molecule has 11 nitrogen and oxygen atoms in total. The Labute approximate surface area is 295 Å². The number of pyridine rings is 2. The molecule has 6 aromatic rings. The molecule has 51 heavy (non-hydrogen) atoms. The highest BCUT2D eigenvalue weighted by Gasteiger charge is 2.28. The van der Waals surface area contributed by atoms with Gasteiger partial charge in [0.15, 0.2) is 11.4 Å². The van der Waals surface area contributed by atoms with E-state index < -0.39 is 5.97 Å². The van der Waals surface area contributed by atoms with Crippen LogP contribution in [0.5, 0.6) is 0 Å². The van der Waals surface area contributed by atoms with Gasteiger partial charge in [-0.25, -0.2) is 9.97 Å². The lowest BCUT2D eigenvalue weighted by molar-refractivity contribution is -0.141. The van der Waals surface area contributed by atoms with Gasteiger partial charge in [-0.15, -0.1) is 0 Å². The van der Waals surface area contributed by atoms with Crippen LogP contribution in [0.15, 0.2) is 77.5 Å². The van der Waals surface area contributed by atoms with Crippen LogP contribution in [0.3, 0.4) is 0 Å². The largest absolute Gasteiger partial charge is 0.481 e. The molecular weight excluding hydrogens is 642 g/mol. The van der Waals surface area contributed by atoms with E-state index in [2.05, 4.69) is 51.7 Å². The zero-order valence-corrected chi connectivity index (χ0v) is 28.8. The molecule has 1 fully saturated rings. The maximum absolute atomic E-state index is 11.4. The van der Waals surface area contributed by atoms with Crippen molar-refractivity contribution in [2.75, 3.05) is 25.0 Å². The summed E-state index contributed by atoms with van der Waals surface area (Å²) in [5, 5.41) is 36.4. The SMILES string of the molecule is Cc1c(Nc2nccc3cc(CN4CCC(C(=O)O)C4)cnc23)cccc1-c1cccc(-c2nc3cc(CNC(C)CO)cc(C#N)c3o2)c1C. The van der Waals surface area contributed by atoms with Crippen molar-refractivity contribution in [2.45, 2.75) is 46.3 Å². The van der Waals surface area contributed by atoms with E-state index in [1.54, 1.807) is 12.3 Å². The molecule has 3 aromatic heterocycles. The molecule has 0 spiro atoms. The highest BCUT2D eigenvalue weighted by Crippen LogP contribution is 2.37. The van der Waals surface area contributed by atoms with E-state index in [-0.39, 0.29) is 18.6 Å². The van der Waals surface area contributed by atoms with Gasteiger partial charge in [-0.3, -0.25) is 14.7 Å². The number of carboxylic acids is 1. The van der Waals surface area contributed by atoms with Gasteiger partial charge in [0.1, 0.15) is 17.1 Å². The van der Waals surface area contributed by atoms with Gasteiger partial charge in [0.25, 0.3) is 0 Å². The monoisotopic (exact) mass is 681 g/mol. The molecule has 1 aliphatic heterocycles. The fraction of sp³-hybridized carbons (Fsp3) is 0.275. The van der Waals surface area contributed by atoms with Crippen molar-refractivity contribution in [3.8, 4) is 28.7 Å². The quantitative estimate of drug-likeness (QED) is 0.115. The van der Waals surface area contributed by atoms with Crippen LogP contribution in [-0.2, 0) is 17.9 Å². The molecule has 0 saturated carbocycles. The van der Waals surface area contributed by atoms with Crippen molar-refractivity contribution in [3.05, 3.63) is 101 Å². The Morgan fingerprint density at radius 2 is 1.84 bits per heavy atom. The first-order valence-corrected chi connectivity index (χ1v) is 17.1. The number of oxazole rings is 1. The standard InChI is InChI=1S/C40H39N7O4/c1-23(22-48)43-18-26-14-30(17-41)37-35(16-26)46-39(51-37)33-8-4-6-31(24(33)2)32-7-5-9-34(25(32)3)45-38-36-28(10-12-42-38)15-27(19-44-36)20-47-13-11-29(21-47)40(49)50/h4-10,12,14-16,19,23,29,43,48H,11,13,18,20-22H2,1-3H3,(H,42,45)(H,49,50). The minimum Gasteiger partial charge on any atom is -0.481 e. The molecule has 1 saturated heterocycles. The normalized spacial score (nSPS) is 15.3. The van der Waals surface area contributed by atoms with Crippen LogP contribution in [0.25, 0.3) is 44.6 Å². The molecular formula is C40H39N7O4. The zero-order chi connectivity index (χ0) is 35.6. The molecule has 11 heteroatoms. The van der Waals surface area contributed by atoms with E-state index in [0.717, 1.165) is 62.1 Å². The van der Waals surface area contributed by atoms with Crippen molar-refractivity contribution in [1.29, 1.82) is 5.26 Å². The van der Waals surface area contributed by atoms with E-state index in [4.69, 9.17) is 14.4 Å². The van der Waals surface area contributed by atoms with Gasteiger partial charge < -0.3 is 25.3 Å². The Hall–Kier alpha value is -5.67. The van der Waals surface area contributed by atoms with Gasteiger partial charge in [0, 0.05) is 54.7 Å². The topological polar surface area (TPSA) is 160 Å². The number of rotatable bonds is 11. The minimum absolute atomic E-state index is 0.0206. The Bertz CT molecular complexity index is 2310. The van der Waals surface area contributed by atoms with E-state index in [9.17, 15) is 20.3 Å². The number of aliphatic hydroxyl groups is 1. The molecule has 4 N–H and O–H groups in total. The molecule has 2 atom stereocenters. The molecule has 0 aliphatic carbocycles. The van der Waals surface area contributed by atoms with Gasteiger partial charge in [-0.2, -0.15) is 5.26 Å². The number of carbonyl (C=O) groups is 1. The first kappa shape index (κ1) is 33.8. The van der Waals surface area contributed by atoms with Gasteiger partial charge in [0.2, 0.25) is 5.89 Å². The summed E-state index contributed by atoms with van der Waals surface area (Å²) in [5.74, 6) is 0.0489. The number of carboxylic acid groups (broad SMARTS) is 1. The number of aliphatic carboxylic acids is 1. The molecule has 0 bridgehead atoms. The van der Waals surface area contributed by atoms with Crippen molar-refractivity contribution in [1.82, 2.24) is 25.2 Å². The maximum Gasteiger partial charge on any atom is 0.307 e. The number of hydrogen-bond acceptors (Lipinski definition) is 10. The average molecular weight is 682 g/mol. The third-order valence-electron chi connectivity index (χ3n) is 9.72. The smallest absolute Gasteiger partial charge is 0.307 e. The van der Waals surface area contributed by atoms with E-state index >= 15 is 0 Å². The number of fused-ring (bicyclic) bond motifs is 2. The summed E-state index contributed by atoms with van der Waals surface area (Å²) in [7, 11) is 0. The first-order valence-electron chi connectivity index (χ1n) is 17.1. The van der Waals surface area contributed by atoms with E-state index in [0.29, 0.717) is 54.4 Å². The summed E-state index contributed by atoms with van der Waals surface area (Å²) in [4.78, 5) is 27.8. The average Bonchev–Trinajstić information content (AvgIpc) is 3.79. The third-order valence-corrected chi connectivity index (χ3v) is 9.72. The number of nitrogens with one attached hydrogen (secondary N) is 2. The molecule has 258 valence electrons. The summed E-state index contributed by atoms with van der Waals surface area (Å²) in [6, 6.07) is 22.1. The summed E-state index contributed by atoms with van der Waals surface area (Å²) in [6.45, 7) is 8.50. The predicted molar refractivity (Wildman–Crippen MR) is 196 cm³/mol. The fourth-order valence-electron chi connectivity index (χ4n) is 6.82. The molecule has 2 unspecified atom stereocenters. The molecule has 0 radical (unpaired) electrons. The van der Waals surface area contributed by atoms with E-state index in [1.807, 2.05) is 56.4 Å². The lowest BCUT2D eigenvalue weighted by atomic mass is 9.93. The molecule has 4 heterocycles. The predicted octanol–water partition coefficient (Wildman–Crippen LogP) is 6.71. The Kier molecular flexibility index (Phi) is 9.47. The fourth-order valence-corrected chi connectivity index (χ4v) is 6.82.